The molecule has 2 rings (SSSR count). The maximum atomic E-state index is 11.9. The quantitative estimate of drug-likeness (QED) is 0.796. The van der Waals surface area contributed by atoms with Crippen LogP contribution in [0.25, 0.3) is 0 Å². The molecule has 2 unspecified atom stereocenters. The topological polar surface area (TPSA) is 66.4 Å². The van der Waals surface area contributed by atoms with E-state index in [1.807, 2.05) is 0 Å². The van der Waals surface area contributed by atoms with Crippen LogP contribution >= 0.6 is 0 Å². The second-order valence-corrected chi connectivity index (χ2v) is 4.67. The minimum atomic E-state index is -0.447. The van der Waals surface area contributed by atoms with E-state index >= 15 is 0 Å². The Hall–Kier alpha value is -1.68. The van der Waals surface area contributed by atoms with Crippen LogP contribution in [-0.2, 0) is 0 Å². The van der Waals surface area contributed by atoms with Crippen molar-refractivity contribution in [2.75, 3.05) is 0 Å². The van der Waals surface area contributed by atoms with Gasteiger partial charge in [0.05, 0.1) is 12.1 Å². The lowest BCUT2D eigenvalue weighted by Gasteiger charge is -2.28. The Morgan fingerprint density at radius 1 is 1.22 bits per heavy atom. The van der Waals surface area contributed by atoms with Gasteiger partial charge in [0.25, 0.3) is 5.91 Å². The number of aliphatic hydroxyl groups is 1. The van der Waals surface area contributed by atoms with Gasteiger partial charge in [0.2, 0.25) is 0 Å². The molecule has 4 nitrogen and oxygen atoms in total. The second kappa shape index (κ2) is 5.78. The lowest BCUT2D eigenvalue weighted by molar-refractivity contribution is 0.0717. The molecule has 4 heteroatoms. The predicted molar refractivity (Wildman–Crippen MR) is 67.6 cm³/mol. The van der Waals surface area contributed by atoms with Gasteiger partial charge in [0.15, 0.2) is 0 Å². The lowest BCUT2D eigenvalue weighted by Crippen LogP contribution is -2.45. The standard InChI is InChI=1S/C14H17NO3/c16-9-10-5-7-11(8-6-10)14(18)15-12-3-1-2-4-13(12)17/h5-9,12-13,17H,1-4H2,(H,15,18). The van der Waals surface area contributed by atoms with E-state index in [9.17, 15) is 14.7 Å². The summed E-state index contributed by atoms with van der Waals surface area (Å²) >= 11 is 0. The highest BCUT2D eigenvalue weighted by atomic mass is 16.3. The van der Waals surface area contributed by atoms with E-state index in [0.29, 0.717) is 11.1 Å². The fraction of sp³-hybridized carbons (Fsp3) is 0.429. The largest absolute Gasteiger partial charge is 0.391 e. The number of carbonyl (C=O) groups excluding carboxylic acids is 2. The zero-order valence-corrected chi connectivity index (χ0v) is 10.1. The predicted octanol–water partition coefficient (Wildman–Crippen LogP) is 1.53. The highest BCUT2D eigenvalue weighted by Gasteiger charge is 2.24. The summed E-state index contributed by atoms with van der Waals surface area (Å²) in [4.78, 5) is 22.5. The van der Waals surface area contributed by atoms with Gasteiger partial charge in [-0.3, -0.25) is 9.59 Å². The maximum absolute atomic E-state index is 11.9. The summed E-state index contributed by atoms with van der Waals surface area (Å²) in [7, 11) is 0. The Kier molecular flexibility index (Phi) is 4.10. The molecule has 1 aliphatic carbocycles. The molecular weight excluding hydrogens is 230 g/mol. The molecule has 1 saturated carbocycles. The number of hydrogen-bond donors (Lipinski definition) is 2. The first-order chi connectivity index (χ1) is 8.70. The van der Waals surface area contributed by atoms with Gasteiger partial charge in [-0.2, -0.15) is 0 Å². The van der Waals surface area contributed by atoms with Crippen molar-refractivity contribution in [2.45, 2.75) is 37.8 Å². The van der Waals surface area contributed by atoms with Crippen molar-refractivity contribution in [1.29, 1.82) is 0 Å². The number of carbonyl (C=O) groups is 2. The first kappa shape index (κ1) is 12.8. The summed E-state index contributed by atoms with van der Waals surface area (Å²) < 4.78 is 0. The van der Waals surface area contributed by atoms with Crippen LogP contribution in [0.3, 0.4) is 0 Å². The third-order valence-corrected chi connectivity index (χ3v) is 3.35. The summed E-state index contributed by atoms with van der Waals surface area (Å²) in [6.07, 6.45) is 3.91. The van der Waals surface area contributed by atoms with Crippen LogP contribution in [0.4, 0.5) is 0 Å². The van der Waals surface area contributed by atoms with Crippen molar-refractivity contribution in [3.05, 3.63) is 35.4 Å². The van der Waals surface area contributed by atoms with Crippen LogP contribution in [0.1, 0.15) is 46.4 Å². The van der Waals surface area contributed by atoms with Gasteiger partial charge in [-0.05, 0) is 25.0 Å². The fourth-order valence-electron chi connectivity index (χ4n) is 2.24. The average molecular weight is 247 g/mol. The van der Waals surface area contributed by atoms with Crippen molar-refractivity contribution in [1.82, 2.24) is 5.32 Å². The molecule has 0 aliphatic heterocycles. The van der Waals surface area contributed by atoms with E-state index in [1.54, 1.807) is 24.3 Å². The molecule has 2 N–H and O–H groups in total. The number of benzene rings is 1. The van der Waals surface area contributed by atoms with E-state index in [-0.39, 0.29) is 11.9 Å². The first-order valence-electron chi connectivity index (χ1n) is 6.25. The molecule has 1 aliphatic rings. The monoisotopic (exact) mass is 247 g/mol. The molecule has 0 saturated heterocycles. The Bertz CT molecular complexity index is 427. The maximum Gasteiger partial charge on any atom is 0.251 e. The number of aldehydes is 1. The highest BCUT2D eigenvalue weighted by Crippen LogP contribution is 2.18. The number of rotatable bonds is 3. The van der Waals surface area contributed by atoms with E-state index in [4.69, 9.17) is 0 Å². The fourth-order valence-corrected chi connectivity index (χ4v) is 2.24. The number of amides is 1. The van der Waals surface area contributed by atoms with E-state index < -0.39 is 6.10 Å². The second-order valence-electron chi connectivity index (χ2n) is 4.67. The molecule has 18 heavy (non-hydrogen) atoms. The molecule has 0 heterocycles. The van der Waals surface area contributed by atoms with E-state index in [2.05, 4.69) is 5.32 Å². The van der Waals surface area contributed by atoms with E-state index in [1.165, 1.54) is 0 Å². The SMILES string of the molecule is O=Cc1ccc(C(=O)NC2CCCCC2O)cc1. The third-order valence-electron chi connectivity index (χ3n) is 3.35. The van der Waals surface area contributed by atoms with Crippen LogP contribution in [0.5, 0.6) is 0 Å². The van der Waals surface area contributed by atoms with Crippen molar-refractivity contribution in [3.8, 4) is 0 Å². The minimum Gasteiger partial charge on any atom is -0.391 e. The normalized spacial score (nSPS) is 23.4. The summed E-state index contributed by atoms with van der Waals surface area (Å²) in [5.41, 5.74) is 1.06. The summed E-state index contributed by atoms with van der Waals surface area (Å²) in [5, 5.41) is 12.6. The average Bonchev–Trinajstić information content (AvgIpc) is 2.41. The summed E-state index contributed by atoms with van der Waals surface area (Å²) in [6.45, 7) is 0. The summed E-state index contributed by atoms with van der Waals surface area (Å²) in [5.74, 6) is -0.196. The molecular formula is C14H17NO3. The van der Waals surface area contributed by atoms with Gasteiger partial charge in [-0.1, -0.05) is 25.0 Å². The van der Waals surface area contributed by atoms with Crippen LogP contribution in [0.2, 0.25) is 0 Å². The zero-order valence-electron chi connectivity index (χ0n) is 10.1. The van der Waals surface area contributed by atoms with Gasteiger partial charge in [0.1, 0.15) is 6.29 Å². The Morgan fingerprint density at radius 2 is 1.89 bits per heavy atom. The highest BCUT2D eigenvalue weighted by molar-refractivity contribution is 5.95. The Balaban J connectivity index is 1.99. The van der Waals surface area contributed by atoms with Crippen LogP contribution in [-0.4, -0.2) is 29.4 Å². The summed E-state index contributed by atoms with van der Waals surface area (Å²) in [6, 6.07) is 6.30. The first-order valence-corrected chi connectivity index (χ1v) is 6.25. The molecule has 0 bridgehead atoms. The van der Waals surface area contributed by atoms with Crippen LogP contribution < -0.4 is 5.32 Å². The zero-order chi connectivity index (χ0) is 13.0. The molecule has 1 amide bonds. The number of aliphatic hydroxyl groups excluding tert-OH is 1. The molecule has 1 fully saturated rings. The molecule has 0 radical (unpaired) electrons. The number of nitrogens with one attached hydrogen (secondary N) is 1. The van der Waals surface area contributed by atoms with Crippen molar-refractivity contribution in [3.63, 3.8) is 0 Å². The van der Waals surface area contributed by atoms with Gasteiger partial charge in [-0.15, -0.1) is 0 Å². The molecule has 0 aromatic heterocycles. The van der Waals surface area contributed by atoms with Gasteiger partial charge in [-0.25, -0.2) is 0 Å². The minimum absolute atomic E-state index is 0.156. The van der Waals surface area contributed by atoms with E-state index in [0.717, 1.165) is 32.0 Å². The van der Waals surface area contributed by atoms with Crippen molar-refractivity contribution >= 4 is 12.2 Å². The lowest BCUT2D eigenvalue weighted by atomic mass is 9.92. The molecule has 1 aromatic rings. The molecule has 96 valence electrons. The third kappa shape index (κ3) is 2.96. The van der Waals surface area contributed by atoms with Gasteiger partial charge >= 0.3 is 0 Å². The van der Waals surface area contributed by atoms with Gasteiger partial charge in [0, 0.05) is 11.1 Å². The van der Waals surface area contributed by atoms with Crippen LogP contribution in [0, 0.1) is 0 Å². The molecule has 2 atom stereocenters. The van der Waals surface area contributed by atoms with Gasteiger partial charge < -0.3 is 10.4 Å². The Labute approximate surface area is 106 Å². The van der Waals surface area contributed by atoms with Crippen LogP contribution in [0.15, 0.2) is 24.3 Å². The van der Waals surface area contributed by atoms with Crippen molar-refractivity contribution < 1.29 is 14.7 Å². The smallest absolute Gasteiger partial charge is 0.251 e. The molecule has 1 aromatic carbocycles. The number of hydrogen-bond acceptors (Lipinski definition) is 3. The van der Waals surface area contributed by atoms with Crippen molar-refractivity contribution in [2.24, 2.45) is 0 Å². The molecule has 0 spiro atoms. The Morgan fingerprint density at radius 3 is 2.50 bits per heavy atom.